The summed E-state index contributed by atoms with van der Waals surface area (Å²) in [4.78, 5) is 12.1. The first-order chi connectivity index (χ1) is 8.74. The number of fused-ring (bicyclic) bond motifs is 2. The molecule has 1 aromatic heterocycles. The summed E-state index contributed by atoms with van der Waals surface area (Å²) in [6.07, 6.45) is 10.7. The van der Waals surface area contributed by atoms with Crippen LogP contribution in [0.5, 0.6) is 0 Å². The fraction of sp³-hybridized carbons (Fsp3) is 0.733. The molecular weight excluding hydrogens is 224 g/mol. The lowest BCUT2D eigenvalue weighted by Gasteiger charge is -2.20. The largest absolute Gasteiger partial charge is 0.299 e. The number of nitrogens with zero attached hydrogens (tertiary/aromatic N) is 2. The lowest BCUT2D eigenvalue weighted by molar-refractivity contribution is -0.119. The maximum absolute atomic E-state index is 12.1. The van der Waals surface area contributed by atoms with E-state index in [0.717, 1.165) is 30.4 Å². The summed E-state index contributed by atoms with van der Waals surface area (Å²) in [5, 5.41) is 4.22. The van der Waals surface area contributed by atoms with E-state index < -0.39 is 0 Å². The molecule has 3 unspecified atom stereocenters. The molecule has 0 radical (unpaired) electrons. The molecule has 1 aromatic rings. The van der Waals surface area contributed by atoms with Crippen LogP contribution >= 0.6 is 0 Å². The maximum Gasteiger partial charge on any atom is 0.137 e. The molecule has 2 aliphatic rings. The van der Waals surface area contributed by atoms with Crippen molar-refractivity contribution in [2.75, 3.05) is 0 Å². The van der Waals surface area contributed by atoms with Crippen LogP contribution in [-0.4, -0.2) is 15.6 Å². The van der Waals surface area contributed by atoms with Gasteiger partial charge in [-0.3, -0.25) is 9.48 Å². The summed E-state index contributed by atoms with van der Waals surface area (Å²) in [7, 11) is 0. The molecule has 3 heteroatoms. The Bertz CT molecular complexity index is 437. The zero-order valence-electron chi connectivity index (χ0n) is 11.1. The van der Waals surface area contributed by atoms with Crippen molar-refractivity contribution >= 4 is 5.78 Å². The predicted molar refractivity (Wildman–Crippen MR) is 70.2 cm³/mol. The lowest BCUT2D eigenvalue weighted by Crippen LogP contribution is -2.16. The number of hydrogen-bond acceptors (Lipinski definition) is 2. The molecule has 2 fully saturated rings. The molecule has 0 spiro atoms. The molecule has 3 atom stereocenters. The minimum absolute atomic E-state index is 0.406. The fourth-order valence-electron chi connectivity index (χ4n) is 3.89. The number of aryl methyl sites for hydroxylation is 1. The number of aromatic nitrogens is 2. The van der Waals surface area contributed by atoms with Crippen LogP contribution in [0.15, 0.2) is 12.4 Å². The Morgan fingerprint density at radius 2 is 2.33 bits per heavy atom. The van der Waals surface area contributed by atoms with Crippen molar-refractivity contribution in [1.29, 1.82) is 0 Å². The van der Waals surface area contributed by atoms with E-state index in [0.29, 0.717) is 18.1 Å². The summed E-state index contributed by atoms with van der Waals surface area (Å²) >= 11 is 0. The molecule has 2 aliphatic carbocycles. The highest BCUT2D eigenvalue weighted by Crippen LogP contribution is 2.49. The zero-order valence-corrected chi connectivity index (χ0v) is 11.1. The Hall–Kier alpha value is -1.12. The van der Waals surface area contributed by atoms with Gasteiger partial charge in [0.15, 0.2) is 0 Å². The second-order valence-electron chi connectivity index (χ2n) is 6.06. The minimum Gasteiger partial charge on any atom is -0.299 e. The Labute approximate surface area is 109 Å². The molecule has 3 rings (SSSR count). The standard InChI is InChI=1S/C15H22N2O/c1-2-17-10-12(9-16-17)7-15(18)8-14-6-11-3-4-13(14)5-11/h9-11,13-14H,2-8H2,1H3. The van der Waals surface area contributed by atoms with Crippen molar-refractivity contribution in [3.63, 3.8) is 0 Å². The van der Waals surface area contributed by atoms with Crippen LogP contribution in [0.2, 0.25) is 0 Å². The van der Waals surface area contributed by atoms with Gasteiger partial charge in [-0.25, -0.2) is 0 Å². The Balaban J connectivity index is 1.52. The summed E-state index contributed by atoms with van der Waals surface area (Å²) in [6.45, 7) is 2.94. The van der Waals surface area contributed by atoms with Gasteiger partial charge >= 0.3 is 0 Å². The summed E-state index contributed by atoms with van der Waals surface area (Å²) in [5.41, 5.74) is 1.07. The molecular formula is C15H22N2O. The number of rotatable bonds is 5. The number of carbonyl (C=O) groups excluding carboxylic acids is 1. The third-order valence-corrected chi connectivity index (χ3v) is 4.79. The van der Waals surface area contributed by atoms with Crippen molar-refractivity contribution in [3.8, 4) is 0 Å². The van der Waals surface area contributed by atoms with Gasteiger partial charge in [-0.2, -0.15) is 5.10 Å². The van der Waals surface area contributed by atoms with Gasteiger partial charge < -0.3 is 0 Å². The average Bonchev–Trinajstić information content (AvgIpc) is 3.04. The number of Topliss-reactive ketones (excluding diaryl/α,β-unsaturated/α-hetero) is 1. The van der Waals surface area contributed by atoms with Gasteiger partial charge in [0.1, 0.15) is 5.78 Å². The summed E-state index contributed by atoms with van der Waals surface area (Å²) in [5.74, 6) is 2.90. The van der Waals surface area contributed by atoms with Gasteiger partial charge in [0.05, 0.1) is 6.20 Å². The lowest BCUT2D eigenvalue weighted by atomic mass is 9.84. The smallest absolute Gasteiger partial charge is 0.137 e. The molecule has 0 N–H and O–H groups in total. The molecule has 0 aromatic carbocycles. The third-order valence-electron chi connectivity index (χ3n) is 4.79. The monoisotopic (exact) mass is 246 g/mol. The minimum atomic E-state index is 0.406. The Morgan fingerprint density at radius 1 is 1.44 bits per heavy atom. The third kappa shape index (κ3) is 2.36. The first-order valence-electron chi connectivity index (χ1n) is 7.27. The van der Waals surface area contributed by atoms with Crippen molar-refractivity contribution in [2.45, 2.75) is 52.0 Å². The number of ketones is 1. The van der Waals surface area contributed by atoms with E-state index in [4.69, 9.17) is 0 Å². The normalized spacial score (nSPS) is 29.9. The highest BCUT2D eigenvalue weighted by atomic mass is 16.1. The van der Waals surface area contributed by atoms with Gasteiger partial charge in [0, 0.05) is 25.6 Å². The summed E-state index contributed by atoms with van der Waals surface area (Å²) < 4.78 is 1.89. The Morgan fingerprint density at radius 3 is 2.94 bits per heavy atom. The van der Waals surface area contributed by atoms with E-state index in [2.05, 4.69) is 12.0 Å². The maximum atomic E-state index is 12.1. The van der Waals surface area contributed by atoms with E-state index in [1.165, 1.54) is 25.7 Å². The number of carbonyl (C=O) groups is 1. The highest BCUT2D eigenvalue weighted by Gasteiger charge is 2.39. The first kappa shape index (κ1) is 11.9. The van der Waals surface area contributed by atoms with Crippen LogP contribution in [0.4, 0.5) is 0 Å². The van der Waals surface area contributed by atoms with E-state index in [1.54, 1.807) is 0 Å². The summed E-state index contributed by atoms with van der Waals surface area (Å²) in [6, 6.07) is 0. The van der Waals surface area contributed by atoms with E-state index in [1.807, 2.05) is 17.1 Å². The highest BCUT2D eigenvalue weighted by molar-refractivity contribution is 5.81. The second-order valence-corrected chi connectivity index (χ2v) is 6.06. The van der Waals surface area contributed by atoms with Crippen LogP contribution in [0.3, 0.4) is 0 Å². The van der Waals surface area contributed by atoms with Crippen LogP contribution < -0.4 is 0 Å². The molecule has 2 saturated carbocycles. The van der Waals surface area contributed by atoms with Gasteiger partial charge in [0.2, 0.25) is 0 Å². The molecule has 2 bridgehead atoms. The van der Waals surface area contributed by atoms with Crippen molar-refractivity contribution in [3.05, 3.63) is 18.0 Å². The molecule has 0 amide bonds. The molecule has 18 heavy (non-hydrogen) atoms. The van der Waals surface area contributed by atoms with Gasteiger partial charge in [-0.1, -0.05) is 6.42 Å². The number of hydrogen-bond donors (Lipinski definition) is 0. The van der Waals surface area contributed by atoms with Gasteiger partial charge in [0.25, 0.3) is 0 Å². The molecule has 0 aliphatic heterocycles. The van der Waals surface area contributed by atoms with Crippen LogP contribution in [0.1, 0.15) is 44.6 Å². The molecule has 1 heterocycles. The second kappa shape index (κ2) is 4.87. The van der Waals surface area contributed by atoms with Gasteiger partial charge in [-0.15, -0.1) is 0 Å². The Kier molecular flexibility index (Phi) is 3.23. The van der Waals surface area contributed by atoms with Crippen molar-refractivity contribution in [2.24, 2.45) is 17.8 Å². The quantitative estimate of drug-likeness (QED) is 0.800. The van der Waals surface area contributed by atoms with Crippen LogP contribution in [-0.2, 0) is 17.8 Å². The average molecular weight is 246 g/mol. The molecule has 3 nitrogen and oxygen atoms in total. The van der Waals surface area contributed by atoms with E-state index in [-0.39, 0.29) is 0 Å². The predicted octanol–water partition coefficient (Wildman–Crippen LogP) is 2.84. The molecule has 0 saturated heterocycles. The van der Waals surface area contributed by atoms with E-state index >= 15 is 0 Å². The topological polar surface area (TPSA) is 34.9 Å². The molecule has 98 valence electrons. The first-order valence-corrected chi connectivity index (χ1v) is 7.27. The van der Waals surface area contributed by atoms with Crippen molar-refractivity contribution in [1.82, 2.24) is 9.78 Å². The van der Waals surface area contributed by atoms with E-state index in [9.17, 15) is 4.79 Å². The zero-order chi connectivity index (χ0) is 12.5. The SMILES string of the molecule is CCn1cc(CC(=O)CC2CC3CCC2C3)cn1. The van der Waals surface area contributed by atoms with Crippen molar-refractivity contribution < 1.29 is 4.79 Å². The van der Waals surface area contributed by atoms with Gasteiger partial charge in [-0.05, 0) is 49.5 Å². The van der Waals surface area contributed by atoms with Crippen LogP contribution in [0, 0.1) is 17.8 Å². The fourth-order valence-corrected chi connectivity index (χ4v) is 3.89. The van der Waals surface area contributed by atoms with Crippen LogP contribution in [0.25, 0.3) is 0 Å².